The Kier molecular flexibility index (Phi) is 20.8. The van der Waals surface area contributed by atoms with E-state index in [1.807, 2.05) is 41.5 Å². The number of aromatic nitrogens is 13. The van der Waals surface area contributed by atoms with Gasteiger partial charge in [-0.3, -0.25) is 9.59 Å². The summed E-state index contributed by atoms with van der Waals surface area (Å²) in [7, 11) is 0. The second kappa shape index (κ2) is 27.8. The number of nitrogens with two attached hydrogens (primary N) is 1. The number of alkyl carbamates (subject to hydrolysis) is 1. The lowest BCUT2D eigenvalue weighted by molar-refractivity contribution is -0.138. The number of nitrogens with one attached hydrogen (secondary N) is 1. The van der Waals surface area contributed by atoms with Crippen LogP contribution in [0.4, 0.5) is 31.1 Å². The van der Waals surface area contributed by atoms with Crippen LogP contribution in [0.1, 0.15) is 152 Å². The summed E-state index contributed by atoms with van der Waals surface area (Å²) >= 11 is 17.8. The van der Waals surface area contributed by atoms with E-state index in [0.717, 1.165) is 32.9 Å². The van der Waals surface area contributed by atoms with Crippen LogP contribution in [-0.4, -0.2) is 97.7 Å². The number of benzene rings is 2. The lowest BCUT2D eigenvalue weighted by Crippen LogP contribution is -2.32. The van der Waals surface area contributed by atoms with Gasteiger partial charge in [0.15, 0.2) is 32.4 Å². The molecule has 21 nitrogen and oxygen atoms in total. The Labute approximate surface area is 531 Å². The van der Waals surface area contributed by atoms with Crippen LogP contribution < -0.4 is 11.1 Å². The zero-order chi connectivity index (χ0) is 66.6. The molecular weight excluding hydrogens is 1260 g/mol. The van der Waals surface area contributed by atoms with Gasteiger partial charge >= 0.3 is 24.4 Å². The van der Waals surface area contributed by atoms with Gasteiger partial charge in [-0.05, 0) is 85.0 Å². The van der Waals surface area contributed by atoms with E-state index < -0.39 is 41.1 Å². The summed E-state index contributed by atoms with van der Waals surface area (Å²) in [5, 5.41) is 33.0. The van der Waals surface area contributed by atoms with Gasteiger partial charge in [0, 0.05) is 99.1 Å². The van der Waals surface area contributed by atoms with Gasteiger partial charge in [0.25, 0.3) is 0 Å². The first kappa shape index (κ1) is 68.1. The average Bonchev–Trinajstić information content (AvgIpc) is 1.81. The van der Waals surface area contributed by atoms with Gasteiger partial charge in [-0.1, -0.05) is 88.5 Å². The first-order valence-corrected chi connectivity index (χ1v) is 29.3. The molecule has 10 rings (SSSR count). The SMILES string of the molecule is CC(C)c1c(C(=O)O)cnc2cc(Cl)nn12.CC(C)c1c(CC(=O)Cc2ccc(-n3cc(CN)cn3)c(C(F)(F)F)c2)cnc2cc(Cl)nn12.CC(C)c1c(CC(=O)Cc2ccc(-n3cc(CNC(=O)OC(C)(C)C)cn3)c(C(F)(F)F)c2)cnc2cc(Cl)nn12. The van der Waals surface area contributed by atoms with Crippen molar-refractivity contribution >= 4 is 75.4 Å². The number of ketones is 2. The molecule has 0 spiro atoms. The minimum absolute atomic E-state index is 0.00585. The van der Waals surface area contributed by atoms with Gasteiger partial charge in [-0.25, -0.2) is 47.5 Å². The number of rotatable bonds is 17. The van der Waals surface area contributed by atoms with Crippen LogP contribution in [0, 0.1) is 0 Å². The molecular formula is C61H62Cl3F6N15O6. The third kappa shape index (κ3) is 16.8. The average molecular weight is 1320 g/mol. The standard InChI is InChI=1S/C28H30ClF3N6O3.C23H22ClF3N6O.C10H10ClN3O2/c1-16(2)25-19(14-33-24-11-23(29)36-38(24)25)10-20(39)8-17-6-7-22(21(9-17)28(30,31)32)37-15-18(13-35-37)12-34-26(40)41-27(3,4)5;1-13(2)22-16(11-29-21-8-20(24)31-33(21)22)7-17(34)5-14-3-4-19(18(6-14)23(25,26)27)32-12-15(9-28)10-30-32;1-5(2)9-6(10(15)16)4-12-8-3-7(11)13-14(8)9/h6-7,9,11,13-16H,8,10,12H2,1-5H3,(H,34,40);3-4,6,8,10-13H,5,7,9,28H2,1-2H3;3-5H,1-2H3,(H,15,16). The molecule has 8 aromatic heterocycles. The molecule has 0 fully saturated rings. The van der Waals surface area contributed by atoms with Crippen molar-refractivity contribution in [1.29, 1.82) is 0 Å². The smallest absolute Gasteiger partial charge is 0.418 e. The summed E-state index contributed by atoms with van der Waals surface area (Å²) in [5.41, 5.74) is 9.53. The second-order valence-electron chi connectivity index (χ2n) is 23.0. The molecule has 0 aliphatic rings. The molecule has 8 heterocycles. The maximum absolute atomic E-state index is 14.1. The number of carbonyl (C=O) groups is 4. The zero-order valence-electron chi connectivity index (χ0n) is 50.5. The second-order valence-corrected chi connectivity index (χ2v) is 24.2. The maximum Gasteiger partial charge on any atom is 0.418 e. The highest BCUT2D eigenvalue weighted by molar-refractivity contribution is 6.30. The van der Waals surface area contributed by atoms with Gasteiger partial charge in [-0.2, -0.15) is 51.8 Å². The van der Waals surface area contributed by atoms with Crippen LogP contribution >= 0.6 is 34.8 Å². The molecule has 0 saturated heterocycles. The van der Waals surface area contributed by atoms with Crippen molar-refractivity contribution in [2.75, 3.05) is 0 Å². The fourth-order valence-corrected chi connectivity index (χ4v) is 10.5. The summed E-state index contributed by atoms with van der Waals surface area (Å²) < 4.78 is 95.7. The number of nitrogens with zero attached hydrogens (tertiary/aromatic N) is 13. The summed E-state index contributed by atoms with van der Waals surface area (Å²) in [6, 6.07) is 12.4. The van der Waals surface area contributed by atoms with Crippen molar-refractivity contribution in [1.82, 2.24) is 68.7 Å². The molecule has 480 valence electrons. The fraction of sp³-hybridized carbons (Fsp3) is 0.344. The van der Waals surface area contributed by atoms with Crippen LogP contribution in [-0.2, 0) is 65.5 Å². The number of hydrogen-bond acceptors (Lipinski definition) is 14. The van der Waals surface area contributed by atoms with E-state index in [9.17, 15) is 45.5 Å². The van der Waals surface area contributed by atoms with E-state index in [2.05, 4.69) is 45.8 Å². The molecule has 2 aromatic carbocycles. The Morgan fingerprint density at radius 1 is 0.560 bits per heavy atom. The zero-order valence-corrected chi connectivity index (χ0v) is 52.8. The van der Waals surface area contributed by atoms with E-state index >= 15 is 0 Å². The molecule has 10 aromatic rings. The van der Waals surface area contributed by atoms with Crippen LogP contribution in [0.15, 0.2) is 98.0 Å². The highest BCUT2D eigenvalue weighted by Gasteiger charge is 2.36. The van der Waals surface area contributed by atoms with Crippen molar-refractivity contribution in [2.24, 2.45) is 5.73 Å². The molecule has 1 amide bonds. The molecule has 0 aliphatic carbocycles. The van der Waals surface area contributed by atoms with E-state index in [4.69, 9.17) is 50.4 Å². The number of carboxylic acid groups (broad SMARTS) is 1. The highest BCUT2D eigenvalue weighted by Crippen LogP contribution is 2.37. The quantitative estimate of drug-likeness (QED) is 0.0716. The first-order chi connectivity index (χ1) is 42.7. The predicted octanol–water partition coefficient (Wildman–Crippen LogP) is 12.8. The lowest BCUT2D eigenvalue weighted by Gasteiger charge is -2.19. The van der Waals surface area contributed by atoms with Crippen molar-refractivity contribution in [2.45, 2.75) is 137 Å². The minimum atomic E-state index is -4.70. The third-order valence-corrected chi connectivity index (χ3v) is 14.2. The summed E-state index contributed by atoms with van der Waals surface area (Å²) in [4.78, 5) is 61.4. The molecule has 0 unspecified atom stereocenters. The molecule has 0 atom stereocenters. The number of Topliss-reactive ketones (excluding diaryl/α,β-unsaturated/α-hetero) is 2. The molecule has 0 radical (unpaired) electrons. The van der Waals surface area contributed by atoms with Gasteiger partial charge in [0.2, 0.25) is 0 Å². The van der Waals surface area contributed by atoms with E-state index in [0.29, 0.717) is 50.0 Å². The van der Waals surface area contributed by atoms with Crippen LogP contribution in [0.25, 0.3) is 28.3 Å². The fourth-order valence-electron chi connectivity index (χ4n) is 9.98. The summed E-state index contributed by atoms with van der Waals surface area (Å²) in [5.74, 6) is -1.49. The Bertz CT molecular complexity index is 4330. The molecule has 0 saturated carbocycles. The first-order valence-electron chi connectivity index (χ1n) is 28.2. The molecule has 91 heavy (non-hydrogen) atoms. The molecule has 30 heteroatoms. The third-order valence-electron chi connectivity index (χ3n) is 13.7. The summed E-state index contributed by atoms with van der Waals surface area (Å²) in [6.07, 6.45) is -0.217. The largest absolute Gasteiger partial charge is 0.478 e. The van der Waals surface area contributed by atoms with Crippen LogP contribution in [0.2, 0.25) is 15.5 Å². The van der Waals surface area contributed by atoms with Crippen molar-refractivity contribution in [3.05, 3.63) is 181 Å². The van der Waals surface area contributed by atoms with Crippen LogP contribution in [0.3, 0.4) is 0 Å². The Balaban J connectivity index is 0.000000191. The molecule has 0 aliphatic heterocycles. The number of amides is 1. The Hall–Kier alpha value is -8.79. The maximum atomic E-state index is 14.1. The van der Waals surface area contributed by atoms with E-state index in [-0.39, 0.29) is 106 Å². The van der Waals surface area contributed by atoms with E-state index in [1.54, 1.807) is 60.4 Å². The Morgan fingerprint density at radius 2 is 0.956 bits per heavy atom. The monoisotopic (exact) mass is 1320 g/mol. The molecule has 4 N–H and O–H groups in total. The van der Waals surface area contributed by atoms with Gasteiger partial charge in [0.05, 0.1) is 57.5 Å². The molecule has 0 bridgehead atoms. The van der Waals surface area contributed by atoms with Gasteiger partial charge in [-0.15, -0.1) is 0 Å². The number of fused-ring (bicyclic) bond motifs is 3. The van der Waals surface area contributed by atoms with Gasteiger partial charge in [0.1, 0.15) is 17.2 Å². The van der Waals surface area contributed by atoms with Gasteiger partial charge < -0.3 is 20.9 Å². The lowest BCUT2D eigenvalue weighted by atomic mass is 9.97. The van der Waals surface area contributed by atoms with Crippen molar-refractivity contribution < 1.29 is 55.4 Å². The highest BCUT2D eigenvalue weighted by atomic mass is 35.5. The Morgan fingerprint density at radius 3 is 1.33 bits per heavy atom. The normalized spacial score (nSPS) is 12.0. The number of carbonyl (C=O) groups excluding carboxylic acids is 3. The summed E-state index contributed by atoms with van der Waals surface area (Å²) in [6.45, 7) is 16.9. The van der Waals surface area contributed by atoms with E-state index in [1.165, 1.54) is 59.8 Å². The number of alkyl halides is 6. The number of carboxylic acids is 1. The van der Waals surface area contributed by atoms with Crippen LogP contribution in [0.5, 0.6) is 0 Å². The van der Waals surface area contributed by atoms with Crippen molar-refractivity contribution in [3.8, 4) is 11.4 Å². The predicted molar refractivity (Wildman–Crippen MR) is 326 cm³/mol. The number of hydrogen-bond donors (Lipinski definition) is 3. The van der Waals surface area contributed by atoms with Crippen molar-refractivity contribution in [3.63, 3.8) is 0 Å². The number of halogens is 9. The minimum Gasteiger partial charge on any atom is -0.478 e. The number of ether oxygens (including phenoxy) is 1. The topological polar surface area (TPSA) is 262 Å². The number of aromatic carboxylic acids is 1.